The molecular weight excluding hydrogens is 268 g/mol. The molecule has 1 aromatic rings. The van der Waals surface area contributed by atoms with E-state index in [0.29, 0.717) is 17.3 Å². The zero-order valence-corrected chi connectivity index (χ0v) is 12.8. The maximum atomic E-state index is 12.2. The van der Waals surface area contributed by atoms with Crippen LogP contribution in [0.5, 0.6) is 0 Å². The van der Waals surface area contributed by atoms with Crippen LogP contribution in [0.3, 0.4) is 0 Å². The highest BCUT2D eigenvalue weighted by atomic mass is 32.1. The lowest BCUT2D eigenvalue weighted by Crippen LogP contribution is -2.41. The average Bonchev–Trinajstić information content (AvgIpc) is 2.46. The molecule has 0 radical (unpaired) electrons. The van der Waals surface area contributed by atoms with E-state index in [-0.39, 0.29) is 5.91 Å². The first-order valence-corrected chi connectivity index (χ1v) is 7.59. The van der Waals surface area contributed by atoms with Crippen LogP contribution in [0.15, 0.2) is 24.3 Å². The zero-order valence-electron chi connectivity index (χ0n) is 12.0. The number of carbonyl (C=O) groups is 1. The number of thiocarbonyl (C=S) groups is 1. The fraction of sp³-hybridized carbons (Fsp3) is 0.500. The molecule has 1 heterocycles. The van der Waals surface area contributed by atoms with Crippen molar-refractivity contribution in [3.8, 4) is 0 Å². The second kappa shape index (κ2) is 6.84. The molecule has 0 unspecified atom stereocenters. The van der Waals surface area contributed by atoms with Crippen molar-refractivity contribution in [3.05, 3.63) is 35.4 Å². The summed E-state index contributed by atoms with van der Waals surface area (Å²) in [5.74, 6) is 0.554. The smallest absolute Gasteiger partial charge is 0.222 e. The Kier molecular flexibility index (Phi) is 5.12. The molecule has 1 amide bonds. The van der Waals surface area contributed by atoms with Crippen molar-refractivity contribution in [1.29, 1.82) is 0 Å². The Balaban J connectivity index is 1.78. The van der Waals surface area contributed by atoms with Crippen LogP contribution in [0, 0.1) is 12.8 Å². The number of nitrogens with two attached hydrogens (primary N) is 1. The summed E-state index contributed by atoms with van der Waals surface area (Å²) in [6.07, 6.45) is 3.21. The molecule has 1 saturated heterocycles. The van der Waals surface area contributed by atoms with Gasteiger partial charge in [-0.3, -0.25) is 4.79 Å². The second-order valence-electron chi connectivity index (χ2n) is 5.54. The summed E-state index contributed by atoms with van der Waals surface area (Å²) in [7, 11) is 0. The van der Waals surface area contributed by atoms with E-state index in [9.17, 15) is 4.79 Å². The van der Waals surface area contributed by atoms with E-state index in [2.05, 4.69) is 31.2 Å². The Morgan fingerprint density at radius 3 is 2.45 bits per heavy atom. The Bertz CT molecular complexity index is 476. The highest BCUT2D eigenvalue weighted by molar-refractivity contribution is 7.80. The van der Waals surface area contributed by atoms with Crippen molar-refractivity contribution in [2.24, 2.45) is 11.7 Å². The molecule has 0 aromatic heterocycles. The molecule has 20 heavy (non-hydrogen) atoms. The van der Waals surface area contributed by atoms with E-state index in [0.717, 1.165) is 32.4 Å². The van der Waals surface area contributed by atoms with Crippen molar-refractivity contribution in [1.82, 2.24) is 4.90 Å². The number of piperidine rings is 1. The molecule has 2 N–H and O–H groups in total. The highest BCUT2D eigenvalue weighted by Gasteiger charge is 2.23. The van der Waals surface area contributed by atoms with Gasteiger partial charge in [0.05, 0.1) is 4.99 Å². The molecule has 0 saturated carbocycles. The van der Waals surface area contributed by atoms with Gasteiger partial charge in [0.15, 0.2) is 0 Å². The monoisotopic (exact) mass is 290 g/mol. The summed E-state index contributed by atoms with van der Waals surface area (Å²) >= 11 is 5.02. The van der Waals surface area contributed by atoms with Gasteiger partial charge in [-0.05, 0) is 31.7 Å². The lowest BCUT2D eigenvalue weighted by Gasteiger charge is -2.31. The van der Waals surface area contributed by atoms with E-state index >= 15 is 0 Å². The first kappa shape index (κ1) is 15.0. The number of nitrogens with zero attached hydrogens (tertiary/aromatic N) is 1. The molecule has 2 rings (SSSR count). The SMILES string of the molecule is Cc1ccc(CCC(=O)N2CCC(C(N)=S)CC2)cc1. The van der Waals surface area contributed by atoms with Crippen LogP contribution in [0.4, 0.5) is 0 Å². The third-order valence-corrected chi connectivity index (χ3v) is 4.33. The lowest BCUT2D eigenvalue weighted by molar-refractivity contribution is -0.132. The maximum Gasteiger partial charge on any atom is 0.222 e. The van der Waals surface area contributed by atoms with Gasteiger partial charge >= 0.3 is 0 Å². The van der Waals surface area contributed by atoms with Crippen molar-refractivity contribution in [3.63, 3.8) is 0 Å². The van der Waals surface area contributed by atoms with Crippen LogP contribution in [0.1, 0.15) is 30.4 Å². The third kappa shape index (κ3) is 4.04. The minimum Gasteiger partial charge on any atom is -0.393 e. The second-order valence-corrected chi connectivity index (χ2v) is 6.01. The quantitative estimate of drug-likeness (QED) is 0.866. The van der Waals surface area contributed by atoms with Gasteiger partial charge in [-0.25, -0.2) is 0 Å². The van der Waals surface area contributed by atoms with Gasteiger partial charge in [0.1, 0.15) is 0 Å². The van der Waals surface area contributed by atoms with Gasteiger partial charge < -0.3 is 10.6 Å². The number of benzene rings is 1. The molecule has 0 spiro atoms. The predicted octanol–water partition coefficient (Wildman–Crippen LogP) is 2.45. The minimum absolute atomic E-state index is 0.243. The van der Waals surface area contributed by atoms with Crippen molar-refractivity contribution in [2.45, 2.75) is 32.6 Å². The predicted molar refractivity (Wildman–Crippen MR) is 85.6 cm³/mol. The fourth-order valence-electron chi connectivity index (χ4n) is 2.58. The number of rotatable bonds is 4. The highest BCUT2D eigenvalue weighted by Crippen LogP contribution is 2.18. The molecule has 3 nitrogen and oxygen atoms in total. The number of aryl methyl sites for hydroxylation is 2. The fourth-order valence-corrected chi connectivity index (χ4v) is 2.81. The largest absolute Gasteiger partial charge is 0.393 e. The standard InChI is InChI=1S/C16H22N2OS/c1-12-2-4-13(5-3-12)6-7-15(19)18-10-8-14(9-11-18)16(17)20/h2-5,14H,6-11H2,1H3,(H2,17,20). The molecule has 0 aliphatic carbocycles. The lowest BCUT2D eigenvalue weighted by atomic mass is 9.96. The van der Waals surface area contributed by atoms with E-state index in [4.69, 9.17) is 18.0 Å². The Morgan fingerprint density at radius 1 is 1.30 bits per heavy atom. The van der Waals surface area contributed by atoms with Crippen LogP contribution in [-0.4, -0.2) is 28.9 Å². The van der Waals surface area contributed by atoms with Gasteiger partial charge in [0, 0.05) is 25.4 Å². The summed E-state index contributed by atoms with van der Waals surface area (Å²) in [6.45, 7) is 3.64. The van der Waals surface area contributed by atoms with E-state index in [1.54, 1.807) is 0 Å². The summed E-state index contributed by atoms with van der Waals surface area (Å²) in [6, 6.07) is 8.38. The summed E-state index contributed by atoms with van der Waals surface area (Å²) in [5.41, 5.74) is 8.14. The minimum atomic E-state index is 0.243. The van der Waals surface area contributed by atoms with Gasteiger partial charge in [0.2, 0.25) is 5.91 Å². The normalized spacial score (nSPS) is 16.1. The van der Waals surface area contributed by atoms with Crippen molar-refractivity contribution in [2.75, 3.05) is 13.1 Å². The molecule has 1 fully saturated rings. The summed E-state index contributed by atoms with van der Waals surface area (Å²) in [4.78, 5) is 14.7. The first-order valence-electron chi connectivity index (χ1n) is 7.19. The molecule has 0 bridgehead atoms. The Morgan fingerprint density at radius 2 is 1.90 bits per heavy atom. The van der Waals surface area contributed by atoms with E-state index in [1.165, 1.54) is 11.1 Å². The molecule has 4 heteroatoms. The van der Waals surface area contributed by atoms with E-state index < -0.39 is 0 Å². The van der Waals surface area contributed by atoms with Crippen LogP contribution in [-0.2, 0) is 11.2 Å². The van der Waals surface area contributed by atoms with Gasteiger partial charge in [-0.1, -0.05) is 42.0 Å². The van der Waals surface area contributed by atoms with Crippen LogP contribution in [0.25, 0.3) is 0 Å². The molecule has 1 aromatic carbocycles. The number of carbonyl (C=O) groups excluding carboxylic acids is 1. The number of amides is 1. The zero-order chi connectivity index (χ0) is 14.5. The summed E-state index contributed by atoms with van der Waals surface area (Å²) in [5, 5.41) is 0. The molecular formula is C16H22N2OS. The summed E-state index contributed by atoms with van der Waals surface area (Å²) < 4.78 is 0. The molecule has 0 atom stereocenters. The van der Waals surface area contributed by atoms with Crippen LogP contribution >= 0.6 is 12.2 Å². The molecule has 1 aliphatic rings. The average molecular weight is 290 g/mol. The molecule has 1 aliphatic heterocycles. The van der Waals surface area contributed by atoms with Gasteiger partial charge in [0.25, 0.3) is 0 Å². The van der Waals surface area contributed by atoms with Gasteiger partial charge in [-0.2, -0.15) is 0 Å². The first-order chi connectivity index (χ1) is 9.56. The van der Waals surface area contributed by atoms with Crippen molar-refractivity contribution < 1.29 is 4.79 Å². The maximum absolute atomic E-state index is 12.2. The van der Waals surface area contributed by atoms with Gasteiger partial charge in [-0.15, -0.1) is 0 Å². The van der Waals surface area contributed by atoms with Crippen LogP contribution in [0.2, 0.25) is 0 Å². The number of likely N-dealkylation sites (tertiary alicyclic amines) is 1. The Labute approximate surface area is 126 Å². The Hall–Kier alpha value is -1.42. The number of hydrogen-bond acceptors (Lipinski definition) is 2. The van der Waals surface area contributed by atoms with Crippen molar-refractivity contribution >= 4 is 23.1 Å². The molecule has 108 valence electrons. The third-order valence-electron chi connectivity index (χ3n) is 4.00. The van der Waals surface area contributed by atoms with E-state index in [1.807, 2.05) is 4.90 Å². The number of hydrogen-bond donors (Lipinski definition) is 1. The van der Waals surface area contributed by atoms with Crippen LogP contribution < -0.4 is 5.73 Å². The topological polar surface area (TPSA) is 46.3 Å².